The number of carbonyl (C=O) groups is 2. The maximum Gasteiger partial charge on any atom is 0.320 e. The fourth-order valence-corrected chi connectivity index (χ4v) is 6.29. The predicted molar refractivity (Wildman–Crippen MR) is 138 cm³/mol. The summed E-state index contributed by atoms with van der Waals surface area (Å²) < 4.78 is 28.8. The van der Waals surface area contributed by atoms with Crippen molar-refractivity contribution in [1.82, 2.24) is 14.7 Å². The van der Waals surface area contributed by atoms with Crippen LogP contribution in [0, 0.1) is 18.6 Å². The van der Waals surface area contributed by atoms with Gasteiger partial charge in [-0.3, -0.25) is 9.69 Å². The van der Waals surface area contributed by atoms with Crippen LogP contribution in [0.2, 0.25) is 0 Å². The minimum absolute atomic E-state index is 0.115. The van der Waals surface area contributed by atoms with Gasteiger partial charge in [-0.25, -0.2) is 13.6 Å². The summed E-state index contributed by atoms with van der Waals surface area (Å²) in [6.07, 6.45) is 1.21. The van der Waals surface area contributed by atoms with Crippen LogP contribution in [0.1, 0.15) is 17.5 Å². The van der Waals surface area contributed by atoms with E-state index in [0.717, 1.165) is 56.9 Å². The Kier molecular flexibility index (Phi) is 5.94. The average Bonchev–Trinajstić information content (AvgIpc) is 3.60. The second-order valence-electron chi connectivity index (χ2n) is 10.7. The predicted octanol–water partition coefficient (Wildman–Crippen LogP) is 2.88. The molecule has 3 atom stereocenters. The van der Waals surface area contributed by atoms with Crippen LogP contribution in [-0.4, -0.2) is 91.1 Å². The lowest BCUT2D eigenvalue weighted by Gasteiger charge is -2.39. The quantitative estimate of drug-likeness (QED) is 0.662. The van der Waals surface area contributed by atoms with Crippen molar-refractivity contribution >= 4 is 29.0 Å². The molecule has 2 N–H and O–H groups in total. The molecular weight excluding hydrogens is 478 g/mol. The highest BCUT2D eigenvalue weighted by atomic mass is 19.1. The Morgan fingerprint density at radius 2 is 1.89 bits per heavy atom. The molecule has 2 aromatic rings. The third-order valence-corrected chi connectivity index (χ3v) is 8.27. The molecule has 4 aliphatic heterocycles. The SMILES string of the molecule is Cc1ccc(F)c2c1NC(C(=O)Nc1cc(F)cc(N3CC[C@@H](N4CCN5C(=O)N(C)C[C@H]5C4)C3)c1)C2. The smallest absolute Gasteiger partial charge is 0.320 e. The summed E-state index contributed by atoms with van der Waals surface area (Å²) in [6, 6.07) is 7.79. The number of fused-ring (bicyclic) bond motifs is 2. The largest absolute Gasteiger partial charge is 0.373 e. The number of halogens is 2. The molecule has 3 amide bonds. The number of rotatable bonds is 4. The molecule has 10 heteroatoms. The molecule has 0 aliphatic carbocycles. The molecular formula is C27H32F2N6O2. The van der Waals surface area contributed by atoms with Crippen molar-refractivity contribution in [1.29, 1.82) is 0 Å². The number of hydrogen-bond acceptors (Lipinski definition) is 5. The summed E-state index contributed by atoms with van der Waals surface area (Å²) >= 11 is 0. The molecule has 0 spiro atoms. The number of nitrogens with one attached hydrogen (secondary N) is 2. The summed E-state index contributed by atoms with van der Waals surface area (Å²) in [5.74, 6) is -1.06. The van der Waals surface area contributed by atoms with Gasteiger partial charge in [0, 0.05) is 81.4 Å². The van der Waals surface area contributed by atoms with Crippen LogP contribution < -0.4 is 15.5 Å². The number of anilines is 3. The van der Waals surface area contributed by atoms with Crippen molar-refractivity contribution in [3.05, 3.63) is 53.1 Å². The molecule has 2 aromatic carbocycles. The van der Waals surface area contributed by atoms with Crippen LogP contribution >= 0.6 is 0 Å². The van der Waals surface area contributed by atoms with Crippen molar-refractivity contribution in [2.45, 2.75) is 37.9 Å². The Morgan fingerprint density at radius 1 is 1.05 bits per heavy atom. The van der Waals surface area contributed by atoms with Crippen LogP contribution in [0.3, 0.4) is 0 Å². The van der Waals surface area contributed by atoms with Crippen molar-refractivity contribution in [3.8, 4) is 0 Å². The second-order valence-corrected chi connectivity index (χ2v) is 10.7. The van der Waals surface area contributed by atoms with E-state index in [-0.39, 0.29) is 30.2 Å². The minimum Gasteiger partial charge on any atom is -0.373 e. The molecule has 4 aliphatic rings. The number of likely N-dealkylation sites (N-methyl/N-ethyl adjacent to an activating group) is 1. The maximum atomic E-state index is 14.6. The summed E-state index contributed by atoms with van der Waals surface area (Å²) in [5.41, 5.74) is 3.18. The number of nitrogens with zero attached hydrogens (tertiary/aromatic N) is 4. The van der Waals surface area contributed by atoms with Gasteiger partial charge in [-0.15, -0.1) is 0 Å². The van der Waals surface area contributed by atoms with Crippen LogP contribution in [0.25, 0.3) is 0 Å². The Morgan fingerprint density at radius 3 is 2.70 bits per heavy atom. The van der Waals surface area contributed by atoms with E-state index in [1.165, 1.54) is 18.2 Å². The number of hydrogen-bond donors (Lipinski definition) is 2. The molecule has 1 unspecified atom stereocenters. The number of benzene rings is 2. The van der Waals surface area contributed by atoms with Gasteiger partial charge in [0.1, 0.15) is 17.7 Å². The molecule has 4 heterocycles. The Balaban J connectivity index is 1.10. The van der Waals surface area contributed by atoms with E-state index >= 15 is 0 Å². The number of amides is 3. The molecule has 3 fully saturated rings. The number of carbonyl (C=O) groups excluding carboxylic acids is 2. The van der Waals surface area contributed by atoms with E-state index in [9.17, 15) is 18.4 Å². The third kappa shape index (κ3) is 4.37. The van der Waals surface area contributed by atoms with Gasteiger partial charge in [-0.2, -0.15) is 0 Å². The first-order valence-corrected chi connectivity index (χ1v) is 12.9. The Bertz CT molecular complexity index is 1220. The van der Waals surface area contributed by atoms with Gasteiger partial charge in [0.2, 0.25) is 5.91 Å². The van der Waals surface area contributed by atoms with Crippen LogP contribution in [0.15, 0.2) is 30.3 Å². The Hall–Kier alpha value is -3.40. The van der Waals surface area contributed by atoms with Crippen molar-refractivity contribution in [2.75, 3.05) is 61.8 Å². The first-order chi connectivity index (χ1) is 17.8. The number of urea groups is 1. The fourth-order valence-electron chi connectivity index (χ4n) is 6.29. The number of piperazine rings is 1. The van der Waals surface area contributed by atoms with E-state index in [2.05, 4.69) is 20.4 Å². The topological polar surface area (TPSA) is 71.2 Å². The lowest BCUT2D eigenvalue weighted by molar-refractivity contribution is -0.116. The first-order valence-electron chi connectivity index (χ1n) is 12.9. The summed E-state index contributed by atoms with van der Waals surface area (Å²) in [6.45, 7) is 6.63. The highest BCUT2D eigenvalue weighted by Gasteiger charge is 2.41. The van der Waals surface area contributed by atoms with E-state index in [0.29, 0.717) is 23.0 Å². The minimum atomic E-state index is -0.617. The van der Waals surface area contributed by atoms with Gasteiger partial charge in [-0.1, -0.05) is 6.07 Å². The monoisotopic (exact) mass is 510 g/mol. The van der Waals surface area contributed by atoms with Crippen molar-refractivity contribution < 1.29 is 18.4 Å². The molecule has 6 rings (SSSR count). The van der Waals surface area contributed by atoms with Gasteiger partial charge in [0.15, 0.2) is 0 Å². The standard InChI is InChI=1S/C27H32F2N6O2/c1-16-3-4-23(29)22-12-24(31-25(16)22)26(36)30-18-9-17(28)10-20(11-18)33-6-5-19(14-33)34-7-8-35-21(15-34)13-32(2)27(35)37/h3-4,9-11,19,21,24,31H,5-8,12-15H2,1-2H3,(H,30,36)/t19-,21+,24?/m1/s1. The first kappa shape index (κ1) is 24.0. The van der Waals surface area contributed by atoms with Crippen LogP contribution in [0.5, 0.6) is 0 Å². The molecule has 3 saturated heterocycles. The van der Waals surface area contributed by atoms with Crippen LogP contribution in [0.4, 0.5) is 30.6 Å². The van der Waals surface area contributed by atoms with Gasteiger partial charge in [-0.05, 0) is 43.2 Å². The second kappa shape index (κ2) is 9.16. The summed E-state index contributed by atoms with van der Waals surface area (Å²) in [5, 5.41) is 5.95. The van der Waals surface area contributed by atoms with E-state index in [1.807, 2.05) is 18.9 Å². The summed E-state index contributed by atoms with van der Waals surface area (Å²) in [7, 11) is 1.85. The molecule has 8 nitrogen and oxygen atoms in total. The zero-order valence-corrected chi connectivity index (χ0v) is 21.1. The lowest BCUT2D eigenvalue weighted by atomic mass is 10.1. The van der Waals surface area contributed by atoms with Crippen LogP contribution in [-0.2, 0) is 11.2 Å². The molecule has 196 valence electrons. The molecule has 0 bridgehead atoms. The average molecular weight is 511 g/mol. The van der Waals surface area contributed by atoms with E-state index in [4.69, 9.17) is 0 Å². The molecule has 37 heavy (non-hydrogen) atoms. The fraction of sp³-hybridized carbons (Fsp3) is 0.481. The zero-order chi connectivity index (χ0) is 25.8. The highest BCUT2D eigenvalue weighted by molar-refractivity contribution is 5.98. The van der Waals surface area contributed by atoms with E-state index in [1.54, 1.807) is 17.0 Å². The zero-order valence-electron chi connectivity index (χ0n) is 21.1. The normalized spacial score (nSPS) is 25.4. The maximum absolute atomic E-state index is 14.6. The molecule has 0 aromatic heterocycles. The Labute approximate surface area is 215 Å². The highest BCUT2D eigenvalue weighted by Crippen LogP contribution is 2.33. The van der Waals surface area contributed by atoms with Gasteiger partial charge in [0.05, 0.1) is 6.04 Å². The van der Waals surface area contributed by atoms with Gasteiger partial charge < -0.3 is 25.3 Å². The summed E-state index contributed by atoms with van der Waals surface area (Å²) in [4.78, 5) is 33.6. The van der Waals surface area contributed by atoms with E-state index < -0.39 is 11.9 Å². The molecule has 0 radical (unpaired) electrons. The lowest BCUT2D eigenvalue weighted by Crippen LogP contribution is -2.55. The van der Waals surface area contributed by atoms with Gasteiger partial charge >= 0.3 is 6.03 Å². The third-order valence-electron chi connectivity index (χ3n) is 8.27. The molecule has 0 saturated carbocycles. The van der Waals surface area contributed by atoms with Crippen molar-refractivity contribution in [3.63, 3.8) is 0 Å². The van der Waals surface area contributed by atoms with Gasteiger partial charge in [0.25, 0.3) is 0 Å². The number of aryl methyl sites for hydroxylation is 1. The van der Waals surface area contributed by atoms with Crippen molar-refractivity contribution in [2.24, 2.45) is 0 Å².